The molecular formula is C11H16BrNO2. The Morgan fingerprint density at radius 3 is 2.60 bits per heavy atom. The number of halogens is 1. The number of anilines is 1. The molecule has 4 heteroatoms. The SMILES string of the molecule is Cc1cc(NCC(O)CO)c(C)cc1Br. The molecule has 1 aromatic rings. The maximum absolute atomic E-state index is 9.21. The summed E-state index contributed by atoms with van der Waals surface area (Å²) >= 11 is 3.46. The zero-order valence-electron chi connectivity index (χ0n) is 8.92. The molecule has 0 aliphatic heterocycles. The van der Waals surface area contributed by atoms with Crippen molar-refractivity contribution in [2.45, 2.75) is 20.0 Å². The molecule has 84 valence electrons. The van der Waals surface area contributed by atoms with Crippen LogP contribution in [-0.2, 0) is 0 Å². The number of aryl methyl sites for hydroxylation is 2. The quantitative estimate of drug-likeness (QED) is 0.785. The van der Waals surface area contributed by atoms with E-state index in [4.69, 9.17) is 5.11 Å². The predicted molar refractivity (Wildman–Crippen MR) is 65.2 cm³/mol. The molecule has 3 N–H and O–H groups in total. The minimum absolute atomic E-state index is 0.221. The van der Waals surface area contributed by atoms with E-state index >= 15 is 0 Å². The van der Waals surface area contributed by atoms with E-state index < -0.39 is 6.10 Å². The Kier molecular flexibility index (Phi) is 4.57. The van der Waals surface area contributed by atoms with Gasteiger partial charge in [-0.3, -0.25) is 0 Å². The lowest BCUT2D eigenvalue weighted by atomic mass is 10.1. The molecule has 1 aromatic carbocycles. The predicted octanol–water partition coefficient (Wildman–Crippen LogP) is 1.83. The lowest BCUT2D eigenvalue weighted by Gasteiger charge is -2.13. The third-order valence-corrected chi connectivity index (χ3v) is 3.10. The molecule has 0 aliphatic rings. The van der Waals surface area contributed by atoms with Crippen LogP contribution in [0, 0.1) is 13.8 Å². The van der Waals surface area contributed by atoms with E-state index in [1.165, 1.54) is 0 Å². The summed E-state index contributed by atoms with van der Waals surface area (Å²) in [5.74, 6) is 0. The van der Waals surface area contributed by atoms with Gasteiger partial charge in [0.2, 0.25) is 0 Å². The van der Waals surface area contributed by atoms with Crippen molar-refractivity contribution in [2.75, 3.05) is 18.5 Å². The van der Waals surface area contributed by atoms with Gasteiger partial charge in [0.25, 0.3) is 0 Å². The van der Waals surface area contributed by atoms with Crippen molar-refractivity contribution < 1.29 is 10.2 Å². The molecule has 1 unspecified atom stereocenters. The van der Waals surface area contributed by atoms with E-state index in [9.17, 15) is 5.11 Å². The zero-order chi connectivity index (χ0) is 11.4. The molecule has 0 aromatic heterocycles. The van der Waals surface area contributed by atoms with Crippen LogP contribution in [0.4, 0.5) is 5.69 Å². The molecule has 0 radical (unpaired) electrons. The van der Waals surface area contributed by atoms with Crippen LogP contribution in [0.15, 0.2) is 16.6 Å². The second-order valence-electron chi connectivity index (χ2n) is 3.63. The lowest BCUT2D eigenvalue weighted by Crippen LogP contribution is -2.23. The average Bonchev–Trinajstić information content (AvgIpc) is 2.21. The van der Waals surface area contributed by atoms with Gasteiger partial charge < -0.3 is 15.5 Å². The molecule has 1 atom stereocenters. The molecule has 0 fully saturated rings. The van der Waals surface area contributed by atoms with Gasteiger partial charge in [-0.1, -0.05) is 15.9 Å². The fraction of sp³-hybridized carbons (Fsp3) is 0.455. The first kappa shape index (κ1) is 12.5. The number of nitrogens with one attached hydrogen (secondary N) is 1. The Bertz CT molecular complexity index is 342. The highest BCUT2D eigenvalue weighted by atomic mass is 79.9. The summed E-state index contributed by atoms with van der Waals surface area (Å²) in [5.41, 5.74) is 3.24. The second kappa shape index (κ2) is 5.49. The van der Waals surface area contributed by atoms with Gasteiger partial charge in [-0.25, -0.2) is 0 Å². The van der Waals surface area contributed by atoms with Crippen molar-refractivity contribution in [2.24, 2.45) is 0 Å². The van der Waals surface area contributed by atoms with Crippen LogP contribution < -0.4 is 5.32 Å². The average molecular weight is 274 g/mol. The summed E-state index contributed by atoms with van der Waals surface area (Å²) in [6.07, 6.45) is -0.714. The molecule has 3 nitrogen and oxygen atoms in total. The third-order valence-electron chi connectivity index (χ3n) is 2.24. The van der Waals surface area contributed by atoms with Crippen LogP contribution in [0.1, 0.15) is 11.1 Å². The zero-order valence-corrected chi connectivity index (χ0v) is 10.5. The van der Waals surface area contributed by atoms with E-state index in [2.05, 4.69) is 21.2 Å². The Balaban J connectivity index is 2.73. The maximum atomic E-state index is 9.21. The molecule has 1 rings (SSSR count). The normalized spacial score (nSPS) is 12.6. The summed E-state index contributed by atoms with van der Waals surface area (Å²) in [4.78, 5) is 0. The molecular weight excluding hydrogens is 258 g/mol. The number of aliphatic hydroxyl groups excluding tert-OH is 2. The van der Waals surface area contributed by atoms with Gasteiger partial charge in [0, 0.05) is 16.7 Å². The topological polar surface area (TPSA) is 52.5 Å². The van der Waals surface area contributed by atoms with E-state index in [1.54, 1.807) is 0 Å². The standard InChI is InChI=1S/C11H16BrNO2/c1-7-4-11(8(2)3-10(7)12)13-5-9(15)6-14/h3-4,9,13-15H,5-6H2,1-2H3. The highest BCUT2D eigenvalue weighted by Gasteiger charge is 2.05. The molecule has 0 spiro atoms. The lowest BCUT2D eigenvalue weighted by molar-refractivity contribution is 0.105. The Labute approximate surface area is 98.3 Å². The van der Waals surface area contributed by atoms with Gasteiger partial charge in [-0.2, -0.15) is 0 Å². The Hall–Kier alpha value is -0.580. The fourth-order valence-corrected chi connectivity index (χ4v) is 1.72. The molecule has 0 amide bonds. The molecule has 0 saturated heterocycles. The van der Waals surface area contributed by atoms with E-state index in [1.807, 2.05) is 26.0 Å². The summed E-state index contributed by atoms with van der Waals surface area (Å²) < 4.78 is 1.08. The van der Waals surface area contributed by atoms with Crippen molar-refractivity contribution >= 4 is 21.6 Å². The van der Waals surface area contributed by atoms with Crippen LogP contribution in [0.25, 0.3) is 0 Å². The minimum atomic E-state index is -0.714. The van der Waals surface area contributed by atoms with Crippen LogP contribution in [0.5, 0.6) is 0 Å². The molecule has 15 heavy (non-hydrogen) atoms. The highest BCUT2D eigenvalue weighted by Crippen LogP contribution is 2.24. The Morgan fingerprint density at radius 2 is 2.00 bits per heavy atom. The van der Waals surface area contributed by atoms with Crippen LogP contribution in [0.2, 0.25) is 0 Å². The van der Waals surface area contributed by atoms with Gasteiger partial charge in [0.1, 0.15) is 0 Å². The molecule has 0 bridgehead atoms. The van der Waals surface area contributed by atoms with Gasteiger partial charge in [-0.05, 0) is 37.1 Å². The number of hydrogen-bond acceptors (Lipinski definition) is 3. The molecule has 0 aliphatic carbocycles. The van der Waals surface area contributed by atoms with Gasteiger partial charge in [0.15, 0.2) is 0 Å². The van der Waals surface area contributed by atoms with E-state index in [0.717, 1.165) is 21.3 Å². The van der Waals surface area contributed by atoms with Crippen LogP contribution in [0.3, 0.4) is 0 Å². The highest BCUT2D eigenvalue weighted by molar-refractivity contribution is 9.10. The first-order chi connectivity index (χ1) is 7.04. The van der Waals surface area contributed by atoms with Crippen molar-refractivity contribution in [1.82, 2.24) is 0 Å². The van der Waals surface area contributed by atoms with Crippen LogP contribution >= 0.6 is 15.9 Å². The third kappa shape index (κ3) is 3.48. The van der Waals surface area contributed by atoms with Crippen molar-refractivity contribution in [3.05, 3.63) is 27.7 Å². The van der Waals surface area contributed by atoms with Crippen molar-refractivity contribution in [1.29, 1.82) is 0 Å². The molecule has 0 heterocycles. The summed E-state index contributed by atoms with van der Waals surface area (Å²) in [6.45, 7) is 4.15. The smallest absolute Gasteiger partial charge is 0.0942 e. The summed E-state index contributed by atoms with van der Waals surface area (Å²) in [7, 11) is 0. The second-order valence-corrected chi connectivity index (χ2v) is 4.49. The number of hydrogen-bond donors (Lipinski definition) is 3. The van der Waals surface area contributed by atoms with Crippen molar-refractivity contribution in [3.63, 3.8) is 0 Å². The molecule has 0 saturated carbocycles. The first-order valence-corrected chi connectivity index (χ1v) is 5.63. The largest absolute Gasteiger partial charge is 0.394 e. The summed E-state index contributed by atoms with van der Waals surface area (Å²) in [6, 6.07) is 4.05. The number of aliphatic hydroxyl groups is 2. The van der Waals surface area contributed by atoms with E-state index in [0.29, 0.717) is 6.54 Å². The summed E-state index contributed by atoms with van der Waals surface area (Å²) in [5, 5.41) is 21.0. The van der Waals surface area contributed by atoms with Crippen molar-refractivity contribution in [3.8, 4) is 0 Å². The fourth-order valence-electron chi connectivity index (χ4n) is 1.26. The van der Waals surface area contributed by atoms with Gasteiger partial charge in [-0.15, -0.1) is 0 Å². The van der Waals surface area contributed by atoms with Gasteiger partial charge >= 0.3 is 0 Å². The maximum Gasteiger partial charge on any atom is 0.0942 e. The minimum Gasteiger partial charge on any atom is -0.394 e. The van der Waals surface area contributed by atoms with E-state index in [-0.39, 0.29) is 6.61 Å². The number of benzene rings is 1. The van der Waals surface area contributed by atoms with Gasteiger partial charge in [0.05, 0.1) is 12.7 Å². The number of rotatable bonds is 4. The van der Waals surface area contributed by atoms with Crippen LogP contribution in [-0.4, -0.2) is 29.5 Å². The first-order valence-electron chi connectivity index (χ1n) is 4.84. The Morgan fingerprint density at radius 1 is 1.33 bits per heavy atom. The monoisotopic (exact) mass is 273 g/mol.